The van der Waals surface area contributed by atoms with Crippen LogP contribution in [0.3, 0.4) is 0 Å². The van der Waals surface area contributed by atoms with Crippen molar-refractivity contribution in [3.05, 3.63) is 34.3 Å². The third-order valence-electron chi connectivity index (χ3n) is 3.91. The predicted octanol–water partition coefficient (Wildman–Crippen LogP) is 3.30. The second-order valence-electron chi connectivity index (χ2n) is 6.22. The minimum absolute atomic E-state index is 0.243. The number of hydrogen-bond acceptors (Lipinski definition) is 3. The molecular formula is C17H25BrN2O. The number of piperazine rings is 1. The van der Waals surface area contributed by atoms with Crippen LogP contribution in [-0.2, 0) is 0 Å². The van der Waals surface area contributed by atoms with Crippen molar-refractivity contribution in [2.45, 2.75) is 20.3 Å². The molecule has 0 bridgehead atoms. The lowest BCUT2D eigenvalue weighted by molar-refractivity contribution is 0.0918. The summed E-state index contributed by atoms with van der Waals surface area (Å²) < 4.78 is 1.01. The summed E-state index contributed by atoms with van der Waals surface area (Å²) in [6, 6.07) is 7.65. The molecule has 1 aliphatic heterocycles. The van der Waals surface area contributed by atoms with E-state index >= 15 is 0 Å². The topological polar surface area (TPSA) is 23.6 Å². The monoisotopic (exact) mass is 352 g/mol. The van der Waals surface area contributed by atoms with Crippen LogP contribution in [0.4, 0.5) is 0 Å². The third kappa shape index (κ3) is 5.53. The van der Waals surface area contributed by atoms with Crippen LogP contribution in [0, 0.1) is 5.92 Å². The van der Waals surface area contributed by atoms with Crippen molar-refractivity contribution >= 4 is 21.7 Å². The van der Waals surface area contributed by atoms with Crippen molar-refractivity contribution in [2.24, 2.45) is 5.92 Å². The molecule has 0 unspecified atom stereocenters. The molecule has 1 heterocycles. The number of ketones is 1. The zero-order valence-electron chi connectivity index (χ0n) is 13.0. The van der Waals surface area contributed by atoms with Crippen molar-refractivity contribution in [1.29, 1.82) is 0 Å². The van der Waals surface area contributed by atoms with Crippen molar-refractivity contribution in [3.8, 4) is 0 Å². The average molecular weight is 353 g/mol. The molecule has 1 fully saturated rings. The highest BCUT2D eigenvalue weighted by atomic mass is 79.9. The summed E-state index contributed by atoms with van der Waals surface area (Å²) in [5, 5.41) is 0. The van der Waals surface area contributed by atoms with Crippen LogP contribution < -0.4 is 0 Å². The Morgan fingerprint density at radius 1 is 1.10 bits per heavy atom. The van der Waals surface area contributed by atoms with Gasteiger partial charge in [0.15, 0.2) is 5.78 Å². The molecule has 0 radical (unpaired) electrons. The van der Waals surface area contributed by atoms with E-state index < -0.39 is 0 Å². The van der Waals surface area contributed by atoms with Crippen LogP contribution in [0.2, 0.25) is 0 Å². The Morgan fingerprint density at radius 3 is 2.24 bits per heavy atom. The molecule has 1 aromatic carbocycles. The average Bonchev–Trinajstić information content (AvgIpc) is 2.46. The standard InChI is InChI=1S/C17H25BrN2O/c1-14(2)13-20-11-9-19(10-12-20)8-7-17(21)15-3-5-16(18)6-4-15/h3-6,14H,7-13H2,1-2H3. The van der Waals surface area contributed by atoms with E-state index in [0.717, 1.165) is 48.7 Å². The second-order valence-corrected chi connectivity index (χ2v) is 7.13. The largest absolute Gasteiger partial charge is 0.301 e. The van der Waals surface area contributed by atoms with Gasteiger partial charge in [0, 0.05) is 55.7 Å². The van der Waals surface area contributed by atoms with Gasteiger partial charge in [-0.3, -0.25) is 4.79 Å². The normalized spacial score (nSPS) is 17.3. The maximum absolute atomic E-state index is 12.2. The molecule has 0 spiro atoms. The molecule has 116 valence electrons. The fourth-order valence-corrected chi connectivity index (χ4v) is 3.02. The van der Waals surface area contributed by atoms with Crippen LogP contribution in [0.5, 0.6) is 0 Å². The Balaban J connectivity index is 1.72. The fourth-order valence-electron chi connectivity index (χ4n) is 2.75. The highest BCUT2D eigenvalue weighted by Gasteiger charge is 2.18. The molecule has 21 heavy (non-hydrogen) atoms. The first kappa shape index (κ1) is 16.7. The van der Waals surface area contributed by atoms with Gasteiger partial charge < -0.3 is 9.80 Å². The minimum atomic E-state index is 0.243. The molecule has 0 amide bonds. The summed E-state index contributed by atoms with van der Waals surface area (Å²) in [6.45, 7) is 11.0. The molecule has 2 rings (SSSR count). The summed E-state index contributed by atoms with van der Waals surface area (Å²) in [5.74, 6) is 0.975. The molecule has 3 nitrogen and oxygen atoms in total. The van der Waals surface area contributed by atoms with Crippen LogP contribution in [-0.4, -0.2) is 54.9 Å². The van der Waals surface area contributed by atoms with Crippen molar-refractivity contribution in [3.63, 3.8) is 0 Å². The van der Waals surface area contributed by atoms with Crippen molar-refractivity contribution in [1.82, 2.24) is 9.80 Å². The van der Waals surface area contributed by atoms with Gasteiger partial charge in [0.2, 0.25) is 0 Å². The van der Waals surface area contributed by atoms with Crippen LogP contribution in [0.15, 0.2) is 28.7 Å². The third-order valence-corrected chi connectivity index (χ3v) is 4.44. The van der Waals surface area contributed by atoms with E-state index in [1.807, 2.05) is 24.3 Å². The number of carbonyl (C=O) groups excluding carboxylic acids is 1. The first-order chi connectivity index (χ1) is 10.0. The van der Waals surface area contributed by atoms with E-state index in [4.69, 9.17) is 0 Å². The zero-order chi connectivity index (χ0) is 15.2. The van der Waals surface area contributed by atoms with Crippen LogP contribution in [0.1, 0.15) is 30.6 Å². The SMILES string of the molecule is CC(C)CN1CCN(CCC(=O)c2ccc(Br)cc2)CC1. The molecule has 0 N–H and O–H groups in total. The first-order valence-electron chi connectivity index (χ1n) is 7.78. The Labute approximate surface area is 136 Å². The van der Waals surface area contributed by atoms with Gasteiger partial charge in [-0.25, -0.2) is 0 Å². The quantitative estimate of drug-likeness (QED) is 0.734. The smallest absolute Gasteiger partial charge is 0.164 e. The van der Waals surface area contributed by atoms with E-state index in [9.17, 15) is 4.79 Å². The van der Waals surface area contributed by atoms with Gasteiger partial charge >= 0.3 is 0 Å². The molecule has 1 aliphatic rings. The van der Waals surface area contributed by atoms with E-state index in [1.54, 1.807) is 0 Å². The molecule has 1 saturated heterocycles. The van der Waals surface area contributed by atoms with E-state index in [1.165, 1.54) is 6.54 Å². The molecule has 0 atom stereocenters. The predicted molar refractivity (Wildman–Crippen MR) is 90.8 cm³/mol. The Kier molecular flexibility index (Phi) is 6.40. The van der Waals surface area contributed by atoms with E-state index in [2.05, 4.69) is 39.6 Å². The maximum atomic E-state index is 12.2. The van der Waals surface area contributed by atoms with Gasteiger partial charge in [0.1, 0.15) is 0 Å². The van der Waals surface area contributed by atoms with Gasteiger partial charge in [-0.1, -0.05) is 41.9 Å². The van der Waals surface area contributed by atoms with Crippen LogP contribution in [0.25, 0.3) is 0 Å². The number of nitrogens with zero attached hydrogens (tertiary/aromatic N) is 2. The lowest BCUT2D eigenvalue weighted by atomic mass is 10.1. The van der Waals surface area contributed by atoms with Gasteiger partial charge in [0.05, 0.1) is 0 Å². The van der Waals surface area contributed by atoms with Gasteiger partial charge in [-0.2, -0.15) is 0 Å². The number of benzene rings is 1. The fraction of sp³-hybridized carbons (Fsp3) is 0.588. The molecule has 0 saturated carbocycles. The highest BCUT2D eigenvalue weighted by molar-refractivity contribution is 9.10. The van der Waals surface area contributed by atoms with Gasteiger partial charge in [0.25, 0.3) is 0 Å². The lowest BCUT2D eigenvalue weighted by Crippen LogP contribution is -2.47. The summed E-state index contributed by atoms with van der Waals surface area (Å²) in [5.41, 5.74) is 0.816. The van der Waals surface area contributed by atoms with Crippen LogP contribution >= 0.6 is 15.9 Å². The maximum Gasteiger partial charge on any atom is 0.164 e. The Hall–Kier alpha value is -0.710. The Morgan fingerprint density at radius 2 is 1.67 bits per heavy atom. The number of hydrogen-bond donors (Lipinski definition) is 0. The van der Waals surface area contributed by atoms with Crippen molar-refractivity contribution < 1.29 is 4.79 Å². The molecule has 0 aliphatic carbocycles. The molecular weight excluding hydrogens is 328 g/mol. The first-order valence-corrected chi connectivity index (χ1v) is 8.57. The number of rotatable bonds is 6. The highest BCUT2D eigenvalue weighted by Crippen LogP contribution is 2.13. The number of Topliss-reactive ketones (excluding diaryl/α,β-unsaturated/α-hetero) is 1. The molecule has 1 aromatic rings. The summed E-state index contributed by atoms with van der Waals surface area (Å²) in [4.78, 5) is 17.1. The van der Waals surface area contributed by atoms with Crippen molar-refractivity contribution in [2.75, 3.05) is 39.3 Å². The number of halogens is 1. The number of carbonyl (C=O) groups is 1. The Bertz CT molecular complexity index is 450. The molecule has 4 heteroatoms. The summed E-state index contributed by atoms with van der Waals surface area (Å²) in [7, 11) is 0. The van der Waals surface area contributed by atoms with E-state index in [0.29, 0.717) is 6.42 Å². The summed E-state index contributed by atoms with van der Waals surface area (Å²) in [6.07, 6.45) is 0.617. The molecule has 0 aromatic heterocycles. The van der Waals surface area contributed by atoms with Gasteiger partial charge in [-0.15, -0.1) is 0 Å². The zero-order valence-corrected chi connectivity index (χ0v) is 14.6. The van der Waals surface area contributed by atoms with Gasteiger partial charge in [-0.05, 0) is 18.1 Å². The second kappa shape index (κ2) is 8.06. The lowest BCUT2D eigenvalue weighted by Gasteiger charge is -2.35. The van der Waals surface area contributed by atoms with E-state index in [-0.39, 0.29) is 5.78 Å². The summed E-state index contributed by atoms with van der Waals surface area (Å²) >= 11 is 3.39. The minimum Gasteiger partial charge on any atom is -0.301 e.